The van der Waals surface area contributed by atoms with Gasteiger partial charge in [-0.05, 0) is 18.9 Å². The highest BCUT2D eigenvalue weighted by Crippen LogP contribution is 2.16. The predicted octanol–water partition coefficient (Wildman–Crippen LogP) is 3.03. The Balaban J connectivity index is 2.49. The first-order valence-corrected chi connectivity index (χ1v) is 6.34. The summed E-state index contributed by atoms with van der Waals surface area (Å²) in [6.07, 6.45) is 2.45. The van der Waals surface area contributed by atoms with E-state index in [-0.39, 0.29) is 5.82 Å². The van der Waals surface area contributed by atoms with Crippen LogP contribution in [0.15, 0.2) is 24.3 Å². The fraction of sp³-hybridized carbons (Fsp3) is 0.571. The molecule has 0 aliphatic heterocycles. The van der Waals surface area contributed by atoms with Crippen LogP contribution in [0.4, 0.5) is 4.39 Å². The molecule has 2 unspecified atom stereocenters. The number of hydrogen-bond acceptors (Lipinski definition) is 2. The van der Waals surface area contributed by atoms with E-state index in [4.69, 9.17) is 0 Å². The number of aliphatic hydroxyl groups is 1. The minimum atomic E-state index is -0.776. The molecule has 1 aromatic rings. The SMILES string of the molecule is CCCC(CC)NCC(O)c1ccccc1F. The molecule has 96 valence electrons. The zero-order chi connectivity index (χ0) is 12.7. The highest BCUT2D eigenvalue weighted by Gasteiger charge is 2.13. The molecule has 2 nitrogen and oxygen atoms in total. The second-order valence-corrected chi connectivity index (χ2v) is 4.34. The maximum atomic E-state index is 13.4. The molecule has 0 radical (unpaired) electrons. The average molecular weight is 239 g/mol. The Morgan fingerprint density at radius 3 is 2.59 bits per heavy atom. The number of halogens is 1. The number of benzene rings is 1. The molecule has 0 aromatic heterocycles. The molecule has 0 saturated carbocycles. The molecular formula is C14H22FNO. The quantitative estimate of drug-likeness (QED) is 0.766. The van der Waals surface area contributed by atoms with Crippen LogP contribution < -0.4 is 5.32 Å². The van der Waals surface area contributed by atoms with E-state index in [1.807, 2.05) is 0 Å². The molecular weight excluding hydrogens is 217 g/mol. The van der Waals surface area contributed by atoms with Crippen LogP contribution in [0.1, 0.15) is 44.8 Å². The van der Waals surface area contributed by atoms with Crippen molar-refractivity contribution >= 4 is 0 Å². The molecule has 2 atom stereocenters. The molecule has 0 spiro atoms. The molecule has 0 aliphatic rings. The zero-order valence-electron chi connectivity index (χ0n) is 10.6. The van der Waals surface area contributed by atoms with Gasteiger partial charge in [-0.25, -0.2) is 4.39 Å². The second-order valence-electron chi connectivity index (χ2n) is 4.34. The van der Waals surface area contributed by atoms with Gasteiger partial charge in [-0.3, -0.25) is 0 Å². The first-order valence-electron chi connectivity index (χ1n) is 6.34. The van der Waals surface area contributed by atoms with Gasteiger partial charge in [0, 0.05) is 18.2 Å². The lowest BCUT2D eigenvalue weighted by molar-refractivity contribution is 0.164. The topological polar surface area (TPSA) is 32.3 Å². The molecule has 0 aliphatic carbocycles. The first-order chi connectivity index (χ1) is 8.19. The maximum absolute atomic E-state index is 13.4. The van der Waals surface area contributed by atoms with Crippen molar-refractivity contribution in [3.8, 4) is 0 Å². The lowest BCUT2D eigenvalue weighted by Crippen LogP contribution is -2.32. The van der Waals surface area contributed by atoms with Crippen molar-refractivity contribution in [1.82, 2.24) is 5.32 Å². The predicted molar refractivity (Wildman–Crippen MR) is 68.3 cm³/mol. The summed E-state index contributed by atoms with van der Waals surface area (Å²) in [6.45, 7) is 4.65. The van der Waals surface area contributed by atoms with Gasteiger partial charge < -0.3 is 10.4 Å². The Morgan fingerprint density at radius 1 is 1.29 bits per heavy atom. The molecule has 0 heterocycles. The lowest BCUT2D eigenvalue weighted by Gasteiger charge is -2.19. The summed E-state index contributed by atoms with van der Waals surface area (Å²) in [4.78, 5) is 0. The number of nitrogens with one attached hydrogen (secondary N) is 1. The monoisotopic (exact) mass is 239 g/mol. The summed E-state index contributed by atoms with van der Waals surface area (Å²) in [5.74, 6) is -0.342. The number of hydrogen-bond donors (Lipinski definition) is 2. The summed E-state index contributed by atoms with van der Waals surface area (Å²) in [6, 6.07) is 6.78. The molecule has 0 bridgehead atoms. The Morgan fingerprint density at radius 2 is 2.00 bits per heavy atom. The smallest absolute Gasteiger partial charge is 0.129 e. The van der Waals surface area contributed by atoms with E-state index in [0.29, 0.717) is 18.2 Å². The van der Waals surface area contributed by atoms with E-state index >= 15 is 0 Å². The molecule has 0 saturated heterocycles. The van der Waals surface area contributed by atoms with E-state index in [2.05, 4.69) is 19.2 Å². The van der Waals surface area contributed by atoms with Gasteiger partial charge in [-0.1, -0.05) is 38.5 Å². The highest BCUT2D eigenvalue weighted by atomic mass is 19.1. The summed E-state index contributed by atoms with van der Waals surface area (Å²) in [5.41, 5.74) is 0.367. The van der Waals surface area contributed by atoms with Gasteiger partial charge in [-0.15, -0.1) is 0 Å². The van der Waals surface area contributed by atoms with Crippen LogP contribution >= 0.6 is 0 Å². The van der Waals surface area contributed by atoms with Crippen molar-refractivity contribution in [2.45, 2.75) is 45.3 Å². The minimum absolute atomic E-state index is 0.342. The molecule has 0 amide bonds. The lowest BCUT2D eigenvalue weighted by atomic mass is 10.1. The maximum Gasteiger partial charge on any atom is 0.129 e. The third-order valence-corrected chi connectivity index (χ3v) is 2.99. The fourth-order valence-electron chi connectivity index (χ4n) is 1.93. The summed E-state index contributed by atoms with van der Waals surface area (Å²) < 4.78 is 13.4. The van der Waals surface area contributed by atoms with Crippen molar-refractivity contribution in [3.63, 3.8) is 0 Å². The van der Waals surface area contributed by atoms with Crippen LogP contribution in [0.2, 0.25) is 0 Å². The highest BCUT2D eigenvalue weighted by molar-refractivity contribution is 5.19. The molecule has 1 rings (SSSR count). The van der Waals surface area contributed by atoms with Gasteiger partial charge in [0.1, 0.15) is 5.82 Å². The van der Waals surface area contributed by atoms with Crippen LogP contribution in [-0.4, -0.2) is 17.7 Å². The van der Waals surface area contributed by atoms with E-state index < -0.39 is 6.10 Å². The third kappa shape index (κ3) is 4.44. The van der Waals surface area contributed by atoms with Crippen molar-refractivity contribution in [1.29, 1.82) is 0 Å². The zero-order valence-corrected chi connectivity index (χ0v) is 10.6. The van der Waals surface area contributed by atoms with Crippen molar-refractivity contribution in [2.24, 2.45) is 0 Å². The Bertz CT molecular complexity index is 330. The van der Waals surface area contributed by atoms with Crippen molar-refractivity contribution in [2.75, 3.05) is 6.54 Å². The largest absolute Gasteiger partial charge is 0.387 e. The van der Waals surface area contributed by atoms with E-state index in [9.17, 15) is 9.50 Å². The van der Waals surface area contributed by atoms with Gasteiger partial charge in [0.15, 0.2) is 0 Å². The third-order valence-electron chi connectivity index (χ3n) is 2.99. The second kappa shape index (κ2) is 7.41. The van der Waals surface area contributed by atoms with Crippen molar-refractivity contribution < 1.29 is 9.50 Å². The average Bonchev–Trinajstić information content (AvgIpc) is 2.34. The van der Waals surface area contributed by atoms with Crippen LogP contribution in [0.5, 0.6) is 0 Å². The molecule has 3 heteroatoms. The summed E-state index contributed by atoms with van der Waals surface area (Å²) in [5, 5.41) is 13.2. The molecule has 0 fully saturated rings. The standard InChI is InChI=1S/C14H22FNO/c1-3-7-11(4-2)16-10-14(17)12-8-5-6-9-13(12)15/h5-6,8-9,11,14,16-17H,3-4,7,10H2,1-2H3. The van der Waals surface area contributed by atoms with E-state index in [1.54, 1.807) is 18.2 Å². The van der Waals surface area contributed by atoms with Crippen LogP contribution in [0.25, 0.3) is 0 Å². The van der Waals surface area contributed by atoms with Crippen molar-refractivity contribution in [3.05, 3.63) is 35.6 Å². The minimum Gasteiger partial charge on any atom is -0.387 e. The Kier molecular flexibility index (Phi) is 6.16. The van der Waals surface area contributed by atoms with Crippen LogP contribution in [0, 0.1) is 5.82 Å². The number of rotatable bonds is 7. The molecule has 17 heavy (non-hydrogen) atoms. The van der Waals surface area contributed by atoms with E-state index in [1.165, 1.54) is 6.07 Å². The van der Waals surface area contributed by atoms with Gasteiger partial charge in [-0.2, -0.15) is 0 Å². The van der Waals surface area contributed by atoms with E-state index in [0.717, 1.165) is 19.3 Å². The summed E-state index contributed by atoms with van der Waals surface area (Å²) >= 11 is 0. The fourth-order valence-corrected chi connectivity index (χ4v) is 1.93. The molecule has 1 aromatic carbocycles. The van der Waals surface area contributed by atoms with Gasteiger partial charge in [0.25, 0.3) is 0 Å². The molecule has 2 N–H and O–H groups in total. The summed E-state index contributed by atoms with van der Waals surface area (Å²) in [7, 11) is 0. The number of aliphatic hydroxyl groups excluding tert-OH is 1. The Hall–Kier alpha value is -0.930. The van der Waals surface area contributed by atoms with Crippen LogP contribution in [-0.2, 0) is 0 Å². The van der Waals surface area contributed by atoms with Crippen LogP contribution in [0.3, 0.4) is 0 Å². The van der Waals surface area contributed by atoms with Gasteiger partial charge in [0.05, 0.1) is 6.10 Å². The van der Waals surface area contributed by atoms with Gasteiger partial charge >= 0.3 is 0 Å². The normalized spacial score (nSPS) is 14.6. The Labute approximate surface area is 103 Å². The van der Waals surface area contributed by atoms with Gasteiger partial charge in [0.2, 0.25) is 0 Å². The first kappa shape index (κ1) is 14.1.